The van der Waals surface area contributed by atoms with E-state index in [9.17, 15) is 14.9 Å². The molecule has 0 saturated heterocycles. The van der Waals surface area contributed by atoms with Crippen LogP contribution in [0.2, 0.25) is 0 Å². The third kappa shape index (κ3) is 4.52. The minimum Gasteiger partial charge on any atom is -0.491 e. The van der Waals surface area contributed by atoms with Gasteiger partial charge in [0.15, 0.2) is 0 Å². The quantitative estimate of drug-likeness (QED) is 0.440. The Morgan fingerprint density at radius 2 is 1.87 bits per heavy atom. The number of carboxylic acids is 1. The van der Waals surface area contributed by atoms with Crippen LogP contribution in [0.1, 0.15) is 15.9 Å². The molecule has 0 aromatic heterocycles. The average molecular weight is 316 g/mol. The molecular formula is C16H16N2O5. The van der Waals surface area contributed by atoms with Crippen LogP contribution in [-0.2, 0) is 6.54 Å². The minimum atomic E-state index is -1.05. The number of nitro groups is 1. The van der Waals surface area contributed by atoms with E-state index in [0.717, 1.165) is 0 Å². The summed E-state index contributed by atoms with van der Waals surface area (Å²) < 4.78 is 5.44. The van der Waals surface area contributed by atoms with Crippen LogP contribution in [0.25, 0.3) is 0 Å². The van der Waals surface area contributed by atoms with Crippen molar-refractivity contribution in [1.29, 1.82) is 0 Å². The Hall–Kier alpha value is -2.93. The maximum atomic E-state index is 11.0. The Kier molecular flexibility index (Phi) is 5.65. The molecule has 0 radical (unpaired) electrons. The lowest BCUT2D eigenvalue weighted by atomic mass is 10.2. The van der Waals surface area contributed by atoms with Crippen LogP contribution in [0.5, 0.6) is 5.75 Å². The van der Waals surface area contributed by atoms with Gasteiger partial charge in [0, 0.05) is 24.7 Å². The van der Waals surface area contributed by atoms with Crippen molar-refractivity contribution in [1.82, 2.24) is 5.32 Å². The number of rotatable bonds is 8. The fourth-order valence-corrected chi connectivity index (χ4v) is 2.06. The zero-order valence-electron chi connectivity index (χ0n) is 12.3. The lowest BCUT2D eigenvalue weighted by molar-refractivity contribution is -0.385. The topological polar surface area (TPSA) is 102 Å². The minimum absolute atomic E-state index is 0.0668. The van der Waals surface area contributed by atoms with Crippen molar-refractivity contribution in [2.75, 3.05) is 13.2 Å². The zero-order valence-corrected chi connectivity index (χ0v) is 12.3. The summed E-state index contributed by atoms with van der Waals surface area (Å²) in [6, 6.07) is 12.9. The first-order valence-corrected chi connectivity index (χ1v) is 6.97. The van der Waals surface area contributed by atoms with E-state index in [1.165, 1.54) is 12.1 Å². The van der Waals surface area contributed by atoms with Crippen molar-refractivity contribution in [3.63, 3.8) is 0 Å². The van der Waals surface area contributed by atoms with Gasteiger partial charge in [-0.1, -0.05) is 30.3 Å². The van der Waals surface area contributed by atoms with Crippen molar-refractivity contribution in [2.24, 2.45) is 0 Å². The molecule has 0 atom stereocenters. The summed E-state index contributed by atoms with van der Waals surface area (Å²) in [4.78, 5) is 21.5. The molecule has 7 heteroatoms. The van der Waals surface area contributed by atoms with Crippen molar-refractivity contribution >= 4 is 11.7 Å². The van der Waals surface area contributed by atoms with Gasteiger partial charge in [0.2, 0.25) is 0 Å². The Morgan fingerprint density at radius 1 is 1.17 bits per heavy atom. The lowest BCUT2D eigenvalue weighted by Gasteiger charge is -2.10. The number of hydrogen-bond donors (Lipinski definition) is 2. The molecule has 23 heavy (non-hydrogen) atoms. The Morgan fingerprint density at radius 3 is 2.61 bits per heavy atom. The molecule has 0 spiro atoms. The maximum Gasteiger partial charge on any atom is 0.339 e. The molecule has 2 aromatic rings. The van der Waals surface area contributed by atoms with Gasteiger partial charge in [-0.15, -0.1) is 0 Å². The molecule has 120 valence electrons. The highest BCUT2D eigenvalue weighted by molar-refractivity contribution is 5.90. The first-order chi connectivity index (χ1) is 11.1. The number of hydrogen-bond acceptors (Lipinski definition) is 5. The van der Waals surface area contributed by atoms with E-state index >= 15 is 0 Å². The van der Waals surface area contributed by atoms with Crippen molar-refractivity contribution in [3.8, 4) is 5.75 Å². The second kappa shape index (κ2) is 7.90. The van der Waals surface area contributed by atoms with Crippen LogP contribution in [0.3, 0.4) is 0 Å². The third-order valence-electron chi connectivity index (χ3n) is 3.16. The maximum absolute atomic E-state index is 11.0. The molecule has 0 aliphatic heterocycles. The number of carbonyl (C=O) groups is 1. The van der Waals surface area contributed by atoms with Crippen LogP contribution in [0, 0.1) is 10.1 Å². The number of aromatic carboxylic acids is 1. The summed E-state index contributed by atoms with van der Waals surface area (Å²) >= 11 is 0. The summed E-state index contributed by atoms with van der Waals surface area (Å²) in [5.41, 5.74) is 0.756. The van der Waals surface area contributed by atoms with Gasteiger partial charge in [-0.3, -0.25) is 10.1 Å². The standard InChI is InChI=1S/C16H16N2O5/c19-16(20)13-6-2-4-8-15(13)23-10-9-17-11-12-5-1-3-7-14(12)18(21)22/h1-8,17H,9-11H2,(H,19,20). The third-order valence-corrected chi connectivity index (χ3v) is 3.16. The van der Waals surface area contributed by atoms with Crippen LogP contribution >= 0.6 is 0 Å². The number of carboxylic acid groups (broad SMARTS) is 1. The molecule has 2 aromatic carbocycles. The lowest BCUT2D eigenvalue weighted by Crippen LogP contribution is -2.21. The second-order valence-electron chi connectivity index (χ2n) is 4.71. The second-order valence-corrected chi connectivity index (χ2v) is 4.71. The first kappa shape index (κ1) is 16.4. The molecule has 7 nitrogen and oxygen atoms in total. The molecule has 0 heterocycles. The van der Waals surface area contributed by atoms with E-state index in [1.54, 1.807) is 36.4 Å². The molecule has 0 saturated carbocycles. The van der Waals surface area contributed by atoms with Gasteiger partial charge in [-0.05, 0) is 12.1 Å². The van der Waals surface area contributed by atoms with Crippen molar-refractivity contribution < 1.29 is 19.6 Å². The molecular weight excluding hydrogens is 300 g/mol. The normalized spacial score (nSPS) is 10.3. The first-order valence-electron chi connectivity index (χ1n) is 6.97. The number of para-hydroxylation sites is 2. The van der Waals surface area contributed by atoms with E-state index in [1.807, 2.05) is 0 Å². The highest BCUT2D eigenvalue weighted by atomic mass is 16.6. The van der Waals surface area contributed by atoms with Gasteiger partial charge < -0.3 is 15.2 Å². The SMILES string of the molecule is O=C(O)c1ccccc1OCCNCc1ccccc1[N+](=O)[O-]. The number of ether oxygens (including phenoxy) is 1. The highest BCUT2D eigenvalue weighted by Gasteiger charge is 2.12. The van der Waals surface area contributed by atoms with Gasteiger partial charge >= 0.3 is 5.97 Å². The predicted octanol–water partition coefficient (Wildman–Crippen LogP) is 2.46. The van der Waals surface area contributed by atoms with E-state index in [4.69, 9.17) is 9.84 Å². The molecule has 2 rings (SSSR count). The van der Waals surface area contributed by atoms with E-state index in [-0.39, 0.29) is 17.9 Å². The average Bonchev–Trinajstić information content (AvgIpc) is 2.55. The number of benzene rings is 2. The highest BCUT2D eigenvalue weighted by Crippen LogP contribution is 2.18. The Labute approximate surface area is 132 Å². The van der Waals surface area contributed by atoms with Crippen LogP contribution in [-0.4, -0.2) is 29.2 Å². The van der Waals surface area contributed by atoms with Gasteiger partial charge in [0.1, 0.15) is 17.9 Å². The summed E-state index contributed by atoms with van der Waals surface area (Å²) in [5, 5.41) is 23.0. The van der Waals surface area contributed by atoms with Crippen LogP contribution in [0.15, 0.2) is 48.5 Å². The van der Waals surface area contributed by atoms with Crippen molar-refractivity contribution in [2.45, 2.75) is 6.54 Å². The molecule has 0 aliphatic rings. The summed E-state index contributed by atoms with van der Waals surface area (Å²) in [6.07, 6.45) is 0. The molecule has 0 bridgehead atoms. The largest absolute Gasteiger partial charge is 0.491 e. The van der Waals surface area contributed by atoms with Gasteiger partial charge in [0.25, 0.3) is 5.69 Å². The summed E-state index contributed by atoms with van der Waals surface area (Å²) in [5.74, 6) is -0.749. The van der Waals surface area contributed by atoms with E-state index in [2.05, 4.69) is 5.32 Å². The predicted molar refractivity (Wildman–Crippen MR) is 83.7 cm³/mol. The Balaban J connectivity index is 1.83. The fraction of sp³-hybridized carbons (Fsp3) is 0.188. The van der Waals surface area contributed by atoms with Crippen LogP contribution < -0.4 is 10.1 Å². The van der Waals surface area contributed by atoms with Crippen molar-refractivity contribution in [3.05, 3.63) is 69.8 Å². The van der Waals surface area contributed by atoms with Gasteiger partial charge in [0.05, 0.1) is 4.92 Å². The molecule has 0 amide bonds. The van der Waals surface area contributed by atoms with Gasteiger partial charge in [-0.2, -0.15) is 0 Å². The summed E-state index contributed by atoms with van der Waals surface area (Å²) in [6.45, 7) is 1.02. The Bertz CT molecular complexity index is 643. The zero-order chi connectivity index (χ0) is 16.7. The fourth-order valence-electron chi connectivity index (χ4n) is 2.06. The number of nitrogens with one attached hydrogen (secondary N) is 1. The van der Waals surface area contributed by atoms with Gasteiger partial charge in [-0.25, -0.2) is 4.79 Å². The van der Waals surface area contributed by atoms with Crippen LogP contribution in [0.4, 0.5) is 5.69 Å². The summed E-state index contributed by atoms with van der Waals surface area (Å²) in [7, 11) is 0. The number of nitrogens with zero attached hydrogens (tertiary/aromatic N) is 1. The molecule has 0 unspecified atom stereocenters. The molecule has 2 N–H and O–H groups in total. The molecule has 0 fully saturated rings. The smallest absolute Gasteiger partial charge is 0.339 e. The number of nitro benzene ring substituents is 1. The monoisotopic (exact) mass is 316 g/mol. The van der Waals surface area contributed by atoms with E-state index in [0.29, 0.717) is 24.4 Å². The van der Waals surface area contributed by atoms with E-state index < -0.39 is 10.9 Å². The molecule has 0 aliphatic carbocycles.